The molecule has 0 aromatic heterocycles. The molecular weight excluding hydrogens is 222 g/mol. The van der Waals surface area contributed by atoms with Gasteiger partial charge in [-0.25, -0.2) is 0 Å². The summed E-state index contributed by atoms with van der Waals surface area (Å²) < 4.78 is 14.9. The van der Waals surface area contributed by atoms with E-state index in [0.717, 1.165) is 5.56 Å². The second kappa shape index (κ2) is 6.10. The van der Waals surface area contributed by atoms with Gasteiger partial charge in [-0.2, -0.15) is 0 Å². The first-order valence-corrected chi connectivity index (χ1v) is 5.16. The zero-order chi connectivity index (χ0) is 12.8. The SMILES string of the molecule is COC(=O)[C@H](N)Cc1ccc(OC)cc1OC. The van der Waals surface area contributed by atoms with Gasteiger partial charge in [-0.1, -0.05) is 6.07 Å². The second-order valence-corrected chi connectivity index (χ2v) is 3.51. The van der Waals surface area contributed by atoms with Gasteiger partial charge in [0.15, 0.2) is 0 Å². The molecule has 0 aliphatic heterocycles. The maximum atomic E-state index is 11.2. The van der Waals surface area contributed by atoms with Crippen molar-refractivity contribution in [3.63, 3.8) is 0 Å². The highest BCUT2D eigenvalue weighted by molar-refractivity contribution is 5.75. The van der Waals surface area contributed by atoms with Crippen molar-refractivity contribution in [3.05, 3.63) is 23.8 Å². The average Bonchev–Trinajstić information content (AvgIpc) is 2.37. The van der Waals surface area contributed by atoms with Crippen LogP contribution in [0.1, 0.15) is 5.56 Å². The molecule has 0 bridgehead atoms. The first-order chi connectivity index (χ1) is 8.12. The molecule has 0 radical (unpaired) electrons. The summed E-state index contributed by atoms with van der Waals surface area (Å²) in [6.07, 6.45) is 0.361. The topological polar surface area (TPSA) is 70.8 Å². The number of ether oxygens (including phenoxy) is 3. The first kappa shape index (κ1) is 13.3. The molecule has 0 unspecified atom stereocenters. The van der Waals surface area contributed by atoms with Crippen molar-refractivity contribution < 1.29 is 19.0 Å². The van der Waals surface area contributed by atoms with Gasteiger partial charge in [0, 0.05) is 12.5 Å². The molecule has 0 spiro atoms. The average molecular weight is 239 g/mol. The highest BCUT2D eigenvalue weighted by Gasteiger charge is 2.16. The number of carbonyl (C=O) groups is 1. The summed E-state index contributed by atoms with van der Waals surface area (Å²) in [7, 11) is 4.45. The van der Waals surface area contributed by atoms with Gasteiger partial charge in [-0.05, 0) is 11.6 Å². The van der Waals surface area contributed by atoms with E-state index in [9.17, 15) is 4.79 Å². The highest BCUT2D eigenvalue weighted by atomic mass is 16.5. The van der Waals surface area contributed by atoms with Crippen LogP contribution in [-0.2, 0) is 16.0 Å². The standard InChI is InChI=1S/C12H17NO4/c1-15-9-5-4-8(11(7-9)16-2)6-10(13)12(14)17-3/h4-5,7,10H,6,13H2,1-3H3/t10-/m1/s1. The van der Waals surface area contributed by atoms with Gasteiger partial charge in [0.2, 0.25) is 0 Å². The van der Waals surface area contributed by atoms with Gasteiger partial charge >= 0.3 is 5.97 Å². The maximum Gasteiger partial charge on any atom is 0.322 e. The predicted octanol–water partition coefficient (Wildman–Crippen LogP) is 0.747. The molecule has 0 aliphatic rings. The van der Waals surface area contributed by atoms with Crippen molar-refractivity contribution in [2.24, 2.45) is 5.73 Å². The summed E-state index contributed by atoms with van der Waals surface area (Å²) in [5, 5.41) is 0. The molecular formula is C12H17NO4. The Hall–Kier alpha value is -1.75. The lowest BCUT2D eigenvalue weighted by Crippen LogP contribution is -2.33. The number of esters is 1. The molecule has 0 saturated carbocycles. The van der Waals surface area contributed by atoms with E-state index in [2.05, 4.69) is 4.74 Å². The van der Waals surface area contributed by atoms with Crippen molar-refractivity contribution in [2.45, 2.75) is 12.5 Å². The van der Waals surface area contributed by atoms with Crippen LogP contribution in [0.4, 0.5) is 0 Å². The molecule has 0 saturated heterocycles. The fraction of sp³-hybridized carbons (Fsp3) is 0.417. The summed E-state index contributed by atoms with van der Waals surface area (Å²) in [6.45, 7) is 0. The van der Waals surface area contributed by atoms with Gasteiger partial charge in [0.25, 0.3) is 0 Å². The Bertz CT molecular complexity index is 392. The Kier molecular flexibility index (Phi) is 4.78. The minimum Gasteiger partial charge on any atom is -0.497 e. The normalized spacial score (nSPS) is 11.8. The van der Waals surface area contributed by atoms with E-state index in [-0.39, 0.29) is 0 Å². The molecule has 94 valence electrons. The van der Waals surface area contributed by atoms with Crippen LogP contribution < -0.4 is 15.2 Å². The predicted molar refractivity (Wildman–Crippen MR) is 63.2 cm³/mol. The zero-order valence-electron chi connectivity index (χ0n) is 10.2. The number of hydrogen-bond donors (Lipinski definition) is 1. The smallest absolute Gasteiger partial charge is 0.322 e. The molecule has 5 nitrogen and oxygen atoms in total. The number of nitrogens with two attached hydrogens (primary N) is 1. The van der Waals surface area contributed by atoms with Crippen LogP contribution in [0.2, 0.25) is 0 Å². The molecule has 17 heavy (non-hydrogen) atoms. The van der Waals surface area contributed by atoms with E-state index in [1.807, 2.05) is 6.07 Å². The minimum absolute atomic E-state index is 0.361. The molecule has 0 aliphatic carbocycles. The van der Waals surface area contributed by atoms with Crippen molar-refractivity contribution in [2.75, 3.05) is 21.3 Å². The van der Waals surface area contributed by atoms with Crippen molar-refractivity contribution in [3.8, 4) is 11.5 Å². The van der Waals surface area contributed by atoms with Gasteiger partial charge in [-0.3, -0.25) is 4.79 Å². The van der Waals surface area contributed by atoms with Gasteiger partial charge in [-0.15, -0.1) is 0 Å². The molecule has 1 rings (SSSR count). The zero-order valence-corrected chi connectivity index (χ0v) is 10.2. The summed E-state index contributed by atoms with van der Waals surface area (Å²) in [6, 6.07) is 4.67. The van der Waals surface area contributed by atoms with Crippen molar-refractivity contribution >= 4 is 5.97 Å². The number of methoxy groups -OCH3 is 3. The Labute approximate surface area is 100 Å². The van der Waals surface area contributed by atoms with Gasteiger partial charge in [0.05, 0.1) is 21.3 Å². The fourth-order valence-corrected chi connectivity index (χ4v) is 1.49. The fourth-order valence-electron chi connectivity index (χ4n) is 1.49. The summed E-state index contributed by atoms with van der Waals surface area (Å²) in [5.74, 6) is 0.892. The number of hydrogen-bond acceptors (Lipinski definition) is 5. The van der Waals surface area contributed by atoms with Crippen molar-refractivity contribution in [1.29, 1.82) is 0 Å². The van der Waals surface area contributed by atoms with Gasteiger partial charge in [0.1, 0.15) is 17.5 Å². The lowest BCUT2D eigenvalue weighted by Gasteiger charge is -2.13. The maximum absolute atomic E-state index is 11.2. The van der Waals surface area contributed by atoms with Crippen LogP contribution in [-0.4, -0.2) is 33.3 Å². The quantitative estimate of drug-likeness (QED) is 0.768. The van der Waals surface area contributed by atoms with E-state index >= 15 is 0 Å². The van der Waals surface area contributed by atoms with E-state index < -0.39 is 12.0 Å². The molecule has 2 N–H and O–H groups in total. The van der Waals surface area contributed by atoms with Crippen LogP contribution in [0.3, 0.4) is 0 Å². The van der Waals surface area contributed by atoms with Crippen molar-refractivity contribution in [1.82, 2.24) is 0 Å². The van der Waals surface area contributed by atoms with Crippen LogP contribution >= 0.6 is 0 Å². The van der Waals surface area contributed by atoms with Crippen LogP contribution in [0.25, 0.3) is 0 Å². The number of benzene rings is 1. The summed E-state index contributed by atoms with van der Waals surface area (Å²) >= 11 is 0. The minimum atomic E-state index is -0.692. The lowest BCUT2D eigenvalue weighted by atomic mass is 10.1. The Balaban J connectivity index is 2.87. The Morgan fingerprint density at radius 1 is 1.29 bits per heavy atom. The molecule has 1 aromatic carbocycles. The number of rotatable bonds is 5. The highest BCUT2D eigenvalue weighted by Crippen LogP contribution is 2.25. The largest absolute Gasteiger partial charge is 0.497 e. The molecule has 1 atom stereocenters. The monoisotopic (exact) mass is 239 g/mol. The third-order valence-corrected chi connectivity index (χ3v) is 2.44. The van der Waals surface area contributed by atoms with Crippen LogP contribution in [0.5, 0.6) is 11.5 Å². The third kappa shape index (κ3) is 3.35. The van der Waals surface area contributed by atoms with Crippen LogP contribution in [0.15, 0.2) is 18.2 Å². The summed E-state index contributed by atoms with van der Waals surface area (Å²) in [4.78, 5) is 11.2. The number of carbonyl (C=O) groups excluding carboxylic acids is 1. The molecule has 1 aromatic rings. The van der Waals surface area contributed by atoms with Crippen LogP contribution in [0, 0.1) is 0 Å². The Morgan fingerprint density at radius 3 is 2.53 bits per heavy atom. The Morgan fingerprint density at radius 2 is 2.00 bits per heavy atom. The summed E-state index contributed by atoms with van der Waals surface area (Å²) in [5.41, 5.74) is 6.53. The van der Waals surface area contributed by atoms with E-state index in [1.165, 1.54) is 7.11 Å². The van der Waals surface area contributed by atoms with Gasteiger partial charge < -0.3 is 19.9 Å². The third-order valence-electron chi connectivity index (χ3n) is 2.44. The lowest BCUT2D eigenvalue weighted by molar-refractivity contribution is -0.142. The van der Waals surface area contributed by atoms with E-state index in [1.54, 1.807) is 26.4 Å². The first-order valence-electron chi connectivity index (χ1n) is 5.16. The second-order valence-electron chi connectivity index (χ2n) is 3.51. The van der Waals surface area contributed by atoms with E-state index in [4.69, 9.17) is 15.2 Å². The van der Waals surface area contributed by atoms with E-state index in [0.29, 0.717) is 17.9 Å². The molecule has 5 heteroatoms. The molecule has 0 fully saturated rings. The molecule has 0 amide bonds. The molecule has 0 heterocycles.